The molecule has 3 heterocycles. The van der Waals surface area contributed by atoms with E-state index in [4.69, 9.17) is 9.15 Å². The van der Waals surface area contributed by atoms with E-state index in [9.17, 15) is 18.0 Å². The normalized spacial score (nSPS) is 11.6. The van der Waals surface area contributed by atoms with E-state index in [1.54, 1.807) is 6.92 Å². The molecule has 0 atom stereocenters. The number of nitrogens with zero attached hydrogens (tertiary/aromatic N) is 4. The largest absolute Gasteiger partial charge is 0.463 e. The van der Waals surface area contributed by atoms with Gasteiger partial charge < -0.3 is 9.15 Å². The first kappa shape index (κ1) is 17.6. The molecule has 0 unspecified atom stereocenters. The molecular formula is C16H13F3N4O3. The van der Waals surface area contributed by atoms with Crippen LogP contribution in [0.4, 0.5) is 13.2 Å². The Bertz CT molecular complexity index is 933. The van der Waals surface area contributed by atoms with Crippen molar-refractivity contribution in [3.63, 3.8) is 0 Å². The fourth-order valence-corrected chi connectivity index (χ4v) is 2.25. The quantitative estimate of drug-likeness (QED) is 0.658. The van der Waals surface area contributed by atoms with Crippen LogP contribution in [-0.2, 0) is 10.9 Å². The predicted molar refractivity (Wildman–Crippen MR) is 82.6 cm³/mol. The highest BCUT2D eigenvalue weighted by molar-refractivity contribution is 5.90. The van der Waals surface area contributed by atoms with Crippen LogP contribution in [0, 0.1) is 6.92 Å². The van der Waals surface area contributed by atoms with Crippen LogP contribution >= 0.6 is 0 Å². The molecular weight excluding hydrogens is 353 g/mol. The molecule has 0 aliphatic heterocycles. The average Bonchev–Trinajstić information content (AvgIpc) is 3.23. The first-order valence-corrected chi connectivity index (χ1v) is 7.53. The van der Waals surface area contributed by atoms with Gasteiger partial charge in [0.05, 0.1) is 24.8 Å². The van der Waals surface area contributed by atoms with E-state index in [1.165, 1.54) is 31.5 Å². The molecule has 3 rings (SSSR count). The van der Waals surface area contributed by atoms with Gasteiger partial charge in [-0.25, -0.2) is 19.4 Å². The van der Waals surface area contributed by atoms with Gasteiger partial charge in [-0.2, -0.15) is 18.3 Å². The Morgan fingerprint density at radius 3 is 2.73 bits per heavy atom. The molecule has 0 bridgehead atoms. The molecule has 10 heteroatoms. The fraction of sp³-hybridized carbons (Fsp3) is 0.250. The zero-order chi connectivity index (χ0) is 18.9. The van der Waals surface area contributed by atoms with Crippen molar-refractivity contribution in [3.05, 3.63) is 47.6 Å². The molecule has 7 nitrogen and oxygen atoms in total. The predicted octanol–water partition coefficient (Wildman–Crippen LogP) is 3.43. The number of halogens is 3. The molecule has 0 aromatic carbocycles. The van der Waals surface area contributed by atoms with Crippen molar-refractivity contribution in [1.82, 2.24) is 19.7 Å². The number of hydrogen-bond acceptors (Lipinski definition) is 6. The summed E-state index contributed by atoms with van der Waals surface area (Å²) >= 11 is 0. The summed E-state index contributed by atoms with van der Waals surface area (Å²) < 4.78 is 50.7. The second-order valence-electron chi connectivity index (χ2n) is 5.19. The molecule has 3 aromatic heterocycles. The summed E-state index contributed by atoms with van der Waals surface area (Å²) in [6.45, 7) is 3.31. The molecule has 0 saturated heterocycles. The van der Waals surface area contributed by atoms with E-state index in [2.05, 4.69) is 15.1 Å². The van der Waals surface area contributed by atoms with Crippen molar-refractivity contribution in [3.8, 4) is 17.4 Å². The van der Waals surface area contributed by atoms with Gasteiger partial charge in [0.25, 0.3) is 5.95 Å². The molecule has 0 aliphatic rings. The van der Waals surface area contributed by atoms with Crippen LogP contribution in [0.15, 0.2) is 35.1 Å². The van der Waals surface area contributed by atoms with Crippen molar-refractivity contribution < 1.29 is 27.1 Å². The molecule has 0 N–H and O–H groups in total. The van der Waals surface area contributed by atoms with E-state index in [1.807, 2.05) is 0 Å². The summed E-state index contributed by atoms with van der Waals surface area (Å²) in [6.07, 6.45) is -2.17. The van der Waals surface area contributed by atoms with Crippen LogP contribution < -0.4 is 0 Å². The summed E-state index contributed by atoms with van der Waals surface area (Å²) in [7, 11) is 0. The maximum atomic E-state index is 13.2. The summed E-state index contributed by atoms with van der Waals surface area (Å²) in [4.78, 5) is 19.5. The smallest absolute Gasteiger partial charge is 0.433 e. The molecule has 0 aliphatic carbocycles. The van der Waals surface area contributed by atoms with E-state index < -0.39 is 17.8 Å². The van der Waals surface area contributed by atoms with Gasteiger partial charge in [-0.05, 0) is 32.0 Å². The third-order valence-electron chi connectivity index (χ3n) is 3.47. The van der Waals surface area contributed by atoms with Gasteiger partial charge in [-0.1, -0.05) is 0 Å². The molecule has 0 radical (unpaired) electrons. The zero-order valence-electron chi connectivity index (χ0n) is 13.7. The van der Waals surface area contributed by atoms with E-state index in [0.29, 0.717) is 0 Å². The Labute approximate surface area is 145 Å². The van der Waals surface area contributed by atoms with E-state index in [0.717, 1.165) is 10.7 Å². The number of furan rings is 1. The van der Waals surface area contributed by atoms with Gasteiger partial charge >= 0.3 is 12.1 Å². The maximum Gasteiger partial charge on any atom is 0.433 e. The molecule has 0 fully saturated rings. The van der Waals surface area contributed by atoms with Crippen LogP contribution in [-0.4, -0.2) is 32.3 Å². The fourth-order valence-electron chi connectivity index (χ4n) is 2.25. The summed E-state index contributed by atoms with van der Waals surface area (Å²) in [5.41, 5.74) is -0.832. The maximum absolute atomic E-state index is 13.2. The van der Waals surface area contributed by atoms with Crippen molar-refractivity contribution in [1.29, 1.82) is 0 Å². The highest BCUT2D eigenvalue weighted by Gasteiger charge is 2.34. The highest BCUT2D eigenvalue weighted by Crippen LogP contribution is 2.31. The number of rotatable bonds is 4. The molecule has 3 aromatic rings. The van der Waals surface area contributed by atoms with Crippen molar-refractivity contribution in [2.45, 2.75) is 20.0 Å². The van der Waals surface area contributed by atoms with Gasteiger partial charge in [0.1, 0.15) is 11.3 Å². The minimum atomic E-state index is -4.69. The Morgan fingerprint density at radius 1 is 1.35 bits per heavy atom. The Hall–Kier alpha value is -3.17. The Morgan fingerprint density at radius 2 is 2.12 bits per heavy atom. The van der Waals surface area contributed by atoms with Gasteiger partial charge in [0.15, 0.2) is 11.5 Å². The summed E-state index contributed by atoms with van der Waals surface area (Å²) in [5, 5.41) is 3.93. The second-order valence-corrected chi connectivity index (χ2v) is 5.19. The van der Waals surface area contributed by atoms with Crippen LogP contribution in [0.25, 0.3) is 17.4 Å². The number of ether oxygens (including phenoxy) is 1. The number of hydrogen-bond donors (Lipinski definition) is 0. The third kappa shape index (κ3) is 3.30. The minimum absolute atomic E-state index is 0.0556. The average molecular weight is 366 g/mol. The first-order valence-electron chi connectivity index (χ1n) is 7.53. The van der Waals surface area contributed by atoms with Gasteiger partial charge in [0.2, 0.25) is 0 Å². The standard InChI is InChI=1S/C16H13F3N4O3/c1-3-25-14(24)10-8-20-23(9(10)2)15-21-11(12-5-4-6-26-12)7-13(22-15)16(17,18)19/h4-8H,3H2,1-2H3. The SMILES string of the molecule is CCOC(=O)c1cnn(-c2nc(-c3ccco3)cc(C(F)(F)F)n2)c1C. The van der Waals surface area contributed by atoms with Gasteiger partial charge in [-0.15, -0.1) is 0 Å². The number of aromatic nitrogens is 4. The lowest BCUT2D eigenvalue weighted by atomic mass is 10.2. The number of carbonyl (C=O) groups excluding carboxylic acids is 1. The highest BCUT2D eigenvalue weighted by atomic mass is 19.4. The number of esters is 1. The molecule has 26 heavy (non-hydrogen) atoms. The molecule has 136 valence electrons. The Kier molecular flexibility index (Phi) is 4.49. The minimum Gasteiger partial charge on any atom is -0.463 e. The van der Waals surface area contributed by atoms with Crippen molar-refractivity contribution in [2.24, 2.45) is 0 Å². The van der Waals surface area contributed by atoms with Crippen LogP contribution in [0.5, 0.6) is 0 Å². The summed E-state index contributed by atoms with van der Waals surface area (Å²) in [6, 6.07) is 3.79. The third-order valence-corrected chi connectivity index (χ3v) is 3.47. The molecule has 0 amide bonds. The lowest BCUT2D eigenvalue weighted by Gasteiger charge is -2.10. The van der Waals surface area contributed by atoms with Gasteiger partial charge in [-0.3, -0.25) is 0 Å². The number of alkyl halides is 3. The van der Waals surface area contributed by atoms with E-state index >= 15 is 0 Å². The number of carbonyl (C=O) groups is 1. The monoisotopic (exact) mass is 366 g/mol. The zero-order valence-corrected chi connectivity index (χ0v) is 13.7. The Balaban J connectivity index is 2.13. The lowest BCUT2D eigenvalue weighted by Crippen LogP contribution is -2.14. The van der Waals surface area contributed by atoms with Crippen molar-refractivity contribution in [2.75, 3.05) is 6.61 Å². The lowest BCUT2D eigenvalue weighted by molar-refractivity contribution is -0.141. The topological polar surface area (TPSA) is 83.0 Å². The van der Waals surface area contributed by atoms with Crippen LogP contribution in [0.2, 0.25) is 0 Å². The first-order chi connectivity index (χ1) is 12.3. The van der Waals surface area contributed by atoms with E-state index in [-0.39, 0.29) is 35.3 Å². The molecule has 0 spiro atoms. The van der Waals surface area contributed by atoms with Crippen LogP contribution in [0.3, 0.4) is 0 Å². The summed E-state index contributed by atoms with van der Waals surface area (Å²) in [5.74, 6) is -0.816. The molecule has 0 saturated carbocycles. The second kappa shape index (κ2) is 6.62. The van der Waals surface area contributed by atoms with Crippen LogP contribution in [0.1, 0.15) is 28.7 Å². The van der Waals surface area contributed by atoms with Crippen molar-refractivity contribution >= 4 is 5.97 Å². The van der Waals surface area contributed by atoms with Gasteiger partial charge in [0, 0.05) is 0 Å².